The molecule has 4 nitrogen and oxygen atoms in total. The zero-order valence-corrected chi connectivity index (χ0v) is 12.0. The lowest BCUT2D eigenvalue weighted by atomic mass is 10.1. The number of anilines is 2. The summed E-state index contributed by atoms with van der Waals surface area (Å²) in [6, 6.07) is 12.6. The Morgan fingerprint density at radius 1 is 1.20 bits per heavy atom. The first-order valence-electron chi connectivity index (χ1n) is 6.11. The highest BCUT2D eigenvalue weighted by molar-refractivity contribution is 9.10. The number of rotatable bonds is 2. The van der Waals surface area contributed by atoms with Gasteiger partial charge in [0.25, 0.3) is 5.91 Å². The quantitative estimate of drug-likeness (QED) is 0.888. The van der Waals surface area contributed by atoms with Crippen molar-refractivity contribution in [2.75, 3.05) is 10.6 Å². The Balaban J connectivity index is 1.81. The molecule has 0 unspecified atom stereocenters. The third kappa shape index (κ3) is 2.58. The molecule has 2 aromatic rings. The summed E-state index contributed by atoms with van der Waals surface area (Å²) in [6.07, 6.45) is 0.378. The maximum absolute atomic E-state index is 12.2. The molecule has 0 fully saturated rings. The average molecular weight is 331 g/mol. The highest BCUT2D eigenvalue weighted by atomic mass is 79.9. The Morgan fingerprint density at radius 3 is 2.85 bits per heavy atom. The van der Waals surface area contributed by atoms with E-state index in [4.69, 9.17) is 0 Å². The van der Waals surface area contributed by atoms with Gasteiger partial charge in [-0.2, -0.15) is 0 Å². The topological polar surface area (TPSA) is 58.2 Å². The van der Waals surface area contributed by atoms with E-state index in [1.54, 1.807) is 12.1 Å². The van der Waals surface area contributed by atoms with Crippen LogP contribution in [0, 0.1) is 0 Å². The van der Waals surface area contributed by atoms with Crippen LogP contribution in [0.4, 0.5) is 11.4 Å². The van der Waals surface area contributed by atoms with Crippen LogP contribution in [0.25, 0.3) is 0 Å². The van der Waals surface area contributed by atoms with Gasteiger partial charge in [0.1, 0.15) is 0 Å². The highest BCUT2D eigenvalue weighted by Gasteiger charge is 2.19. The van der Waals surface area contributed by atoms with Crippen LogP contribution in [0.15, 0.2) is 46.9 Å². The van der Waals surface area contributed by atoms with E-state index in [-0.39, 0.29) is 11.8 Å². The molecule has 1 aliphatic heterocycles. The molecule has 100 valence electrons. The molecule has 0 spiro atoms. The van der Waals surface area contributed by atoms with Gasteiger partial charge in [0, 0.05) is 21.4 Å². The minimum atomic E-state index is -0.202. The third-order valence-electron chi connectivity index (χ3n) is 3.08. The van der Waals surface area contributed by atoms with E-state index in [1.165, 1.54) is 0 Å². The van der Waals surface area contributed by atoms with Gasteiger partial charge in [-0.1, -0.05) is 28.1 Å². The number of hydrogen-bond acceptors (Lipinski definition) is 2. The molecule has 0 atom stereocenters. The molecule has 2 N–H and O–H groups in total. The minimum absolute atomic E-state index is 0.0375. The fraction of sp³-hybridized carbons (Fsp3) is 0.0667. The first kappa shape index (κ1) is 12.9. The lowest BCUT2D eigenvalue weighted by Crippen LogP contribution is -2.12. The average Bonchev–Trinajstić information content (AvgIpc) is 2.77. The van der Waals surface area contributed by atoms with Gasteiger partial charge in [-0.3, -0.25) is 9.59 Å². The van der Waals surface area contributed by atoms with Crippen molar-refractivity contribution < 1.29 is 9.59 Å². The molecule has 0 saturated heterocycles. The number of halogens is 1. The normalized spacial score (nSPS) is 12.8. The molecule has 2 aromatic carbocycles. The predicted octanol–water partition coefficient (Wildman–Crippen LogP) is 3.20. The number of carbonyl (C=O) groups excluding carboxylic acids is 2. The van der Waals surface area contributed by atoms with Gasteiger partial charge in [0.2, 0.25) is 5.91 Å². The minimum Gasteiger partial charge on any atom is -0.326 e. The summed E-state index contributed by atoms with van der Waals surface area (Å²) in [6.45, 7) is 0. The summed E-state index contributed by atoms with van der Waals surface area (Å²) in [7, 11) is 0. The van der Waals surface area contributed by atoms with E-state index in [2.05, 4.69) is 26.6 Å². The maximum Gasteiger partial charge on any atom is 0.255 e. The molecule has 3 rings (SSSR count). The van der Waals surface area contributed by atoms with Crippen molar-refractivity contribution >= 4 is 39.1 Å². The molecule has 2 amide bonds. The maximum atomic E-state index is 12.2. The lowest BCUT2D eigenvalue weighted by Gasteiger charge is -2.07. The van der Waals surface area contributed by atoms with Gasteiger partial charge >= 0.3 is 0 Å². The van der Waals surface area contributed by atoms with Gasteiger partial charge < -0.3 is 10.6 Å². The smallest absolute Gasteiger partial charge is 0.255 e. The number of nitrogens with one attached hydrogen (secondary N) is 2. The lowest BCUT2D eigenvalue weighted by molar-refractivity contribution is -0.115. The number of fused-ring (bicyclic) bond motifs is 1. The van der Waals surface area contributed by atoms with E-state index < -0.39 is 0 Å². The summed E-state index contributed by atoms with van der Waals surface area (Å²) < 4.78 is 0.900. The molecule has 0 bridgehead atoms. The molecular formula is C15H11BrN2O2. The molecule has 1 aliphatic rings. The first-order valence-corrected chi connectivity index (χ1v) is 6.91. The van der Waals surface area contributed by atoms with Crippen molar-refractivity contribution in [3.63, 3.8) is 0 Å². The Morgan fingerprint density at radius 2 is 2.05 bits per heavy atom. The number of amides is 2. The van der Waals surface area contributed by atoms with Crippen LogP contribution in [-0.4, -0.2) is 11.8 Å². The van der Waals surface area contributed by atoms with E-state index in [0.717, 1.165) is 15.7 Å². The second kappa shape index (κ2) is 5.09. The van der Waals surface area contributed by atoms with Crippen LogP contribution in [0.3, 0.4) is 0 Å². The SMILES string of the molecule is O=C1Cc2ccc(C(=O)Nc3cccc(Br)c3)cc2N1. The van der Waals surface area contributed by atoms with Crippen LogP contribution in [0.2, 0.25) is 0 Å². The van der Waals surface area contributed by atoms with Gasteiger partial charge in [-0.15, -0.1) is 0 Å². The van der Waals surface area contributed by atoms with Crippen molar-refractivity contribution in [1.29, 1.82) is 0 Å². The monoisotopic (exact) mass is 330 g/mol. The van der Waals surface area contributed by atoms with E-state index in [1.807, 2.05) is 30.3 Å². The zero-order chi connectivity index (χ0) is 14.1. The molecule has 0 radical (unpaired) electrons. The molecule has 0 saturated carbocycles. The zero-order valence-electron chi connectivity index (χ0n) is 10.4. The second-order valence-corrected chi connectivity index (χ2v) is 5.48. The molecule has 1 heterocycles. The predicted molar refractivity (Wildman–Crippen MR) is 80.9 cm³/mol. The molecule has 5 heteroatoms. The second-order valence-electron chi connectivity index (χ2n) is 4.56. The first-order chi connectivity index (χ1) is 9.61. The fourth-order valence-electron chi connectivity index (χ4n) is 2.13. The molecule has 0 aliphatic carbocycles. The Kier molecular flexibility index (Phi) is 3.28. The number of benzene rings is 2. The summed E-state index contributed by atoms with van der Waals surface area (Å²) in [5.74, 6) is -0.239. The van der Waals surface area contributed by atoms with Gasteiger partial charge in [0.15, 0.2) is 0 Å². The number of hydrogen-bond donors (Lipinski definition) is 2. The van der Waals surface area contributed by atoms with E-state index in [9.17, 15) is 9.59 Å². The van der Waals surface area contributed by atoms with Crippen molar-refractivity contribution in [3.8, 4) is 0 Å². The van der Waals surface area contributed by atoms with Crippen LogP contribution >= 0.6 is 15.9 Å². The van der Waals surface area contributed by atoms with Crippen LogP contribution in [0.5, 0.6) is 0 Å². The van der Waals surface area contributed by atoms with Gasteiger partial charge in [-0.25, -0.2) is 0 Å². The summed E-state index contributed by atoms with van der Waals surface area (Å²) in [5, 5.41) is 5.56. The summed E-state index contributed by atoms with van der Waals surface area (Å²) >= 11 is 3.36. The Bertz CT molecular complexity index is 713. The Labute approximate surface area is 124 Å². The van der Waals surface area contributed by atoms with Crippen molar-refractivity contribution in [2.24, 2.45) is 0 Å². The third-order valence-corrected chi connectivity index (χ3v) is 3.57. The van der Waals surface area contributed by atoms with Gasteiger partial charge in [0.05, 0.1) is 6.42 Å². The van der Waals surface area contributed by atoms with E-state index in [0.29, 0.717) is 17.7 Å². The molecule has 20 heavy (non-hydrogen) atoms. The van der Waals surface area contributed by atoms with Gasteiger partial charge in [-0.05, 0) is 35.9 Å². The molecular weight excluding hydrogens is 320 g/mol. The van der Waals surface area contributed by atoms with Crippen molar-refractivity contribution in [2.45, 2.75) is 6.42 Å². The van der Waals surface area contributed by atoms with E-state index >= 15 is 0 Å². The summed E-state index contributed by atoms with van der Waals surface area (Å²) in [4.78, 5) is 23.5. The van der Waals surface area contributed by atoms with Crippen molar-refractivity contribution in [3.05, 3.63) is 58.1 Å². The number of carbonyl (C=O) groups is 2. The van der Waals surface area contributed by atoms with Crippen LogP contribution in [0.1, 0.15) is 15.9 Å². The highest BCUT2D eigenvalue weighted by Crippen LogP contribution is 2.24. The molecule has 0 aromatic heterocycles. The van der Waals surface area contributed by atoms with Crippen LogP contribution in [-0.2, 0) is 11.2 Å². The van der Waals surface area contributed by atoms with Crippen molar-refractivity contribution in [1.82, 2.24) is 0 Å². The fourth-order valence-corrected chi connectivity index (χ4v) is 2.52. The van der Waals surface area contributed by atoms with Crippen LogP contribution < -0.4 is 10.6 Å². The standard InChI is InChI=1S/C15H11BrN2O2/c16-11-2-1-3-12(8-11)17-15(20)10-5-4-9-7-14(19)18-13(9)6-10/h1-6,8H,7H2,(H,17,20)(H,18,19). The largest absolute Gasteiger partial charge is 0.326 e. The Hall–Kier alpha value is -2.14. The summed E-state index contributed by atoms with van der Waals surface area (Å²) in [5.41, 5.74) is 2.88.